The van der Waals surface area contributed by atoms with Crippen LogP contribution in [0, 0.1) is 17.8 Å². The van der Waals surface area contributed by atoms with Gasteiger partial charge < -0.3 is 21.6 Å². The van der Waals surface area contributed by atoms with Gasteiger partial charge in [-0.05, 0) is 82.4 Å². The SMILES string of the molecule is C[Si](C)(C)OC1=CCC(C(=O)c2ccccc2C(N)=O)CC1.NC(=O)c1ccccc1C(=O)C1CCC(=O)C(F)C1.NC(=O)c1ccccc1C(=O)C1CCC(=O)CC1. The molecule has 0 aliphatic heterocycles. The highest BCUT2D eigenvalue weighted by Gasteiger charge is 2.34. The van der Waals surface area contributed by atoms with E-state index in [1.165, 1.54) is 12.1 Å². The predicted molar refractivity (Wildman–Crippen MR) is 222 cm³/mol. The maximum atomic E-state index is 13.4. The van der Waals surface area contributed by atoms with Crippen molar-refractivity contribution in [3.8, 4) is 0 Å². The molecule has 3 amide bonds. The van der Waals surface area contributed by atoms with Gasteiger partial charge >= 0.3 is 0 Å². The van der Waals surface area contributed by atoms with Gasteiger partial charge in [-0.15, -0.1) is 0 Å². The lowest BCUT2D eigenvalue weighted by atomic mass is 9.81. The lowest BCUT2D eigenvalue weighted by molar-refractivity contribution is -0.126. The first kappa shape index (κ1) is 45.8. The fourth-order valence-corrected chi connectivity index (χ4v) is 8.32. The predicted octanol–water partition coefficient (Wildman–Crippen LogP) is 6.91. The number of ketones is 5. The lowest BCUT2D eigenvalue weighted by Gasteiger charge is -2.27. The number of carbonyl (C=O) groups excluding carboxylic acids is 8. The molecule has 2 saturated carbocycles. The second-order valence-corrected chi connectivity index (χ2v) is 20.3. The molecule has 0 saturated heterocycles. The molecule has 3 atom stereocenters. The highest BCUT2D eigenvalue weighted by atomic mass is 28.4. The Kier molecular flexibility index (Phi) is 16.1. The average molecular weight is 826 g/mol. The summed E-state index contributed by atoms with van der Waals surface area (Å²) in [7, 11) is -1.60. The van der Waals surface area contributed by atoms with Crippen LogP contribution in [0.2, 0.25) is 19.6 Å². The van der Waals surface area contributed by atoms with Crippen molar-refractivity contribution in [3.05, 3.63) is 118 Å². The third-order valence-corrected chi connectivity index (χ3v) is 11.3. The van der Waals surface area contributed by atoms with E-state index in [0.717, 1.165) is 18.6 Å². The van der Waals surface area contributed by atoms with Crippen molar-refractivity contribution in [3.63, 3.8) is 0 Å². The quantitative estimate of drug-likeness (QED) is 0.135. The van der Waals surface area contributed by atoms with E-state index in [1.807, 2.05) is 6.08 Å². The number of hydrogen-bond acceptors (Lipinski definition) is 9. The zero-order valence-electron chi connectivity index (χ0n) is 33.7. The van der Waals surface area contributed by atoms with Crippen molar-refractivity contribution in [2.75, 3.05) is 0 Å². The van der Waals surface area contributed by atoms with E-state index in [1.54, 1.807) is 60.7 Å². The summed E-state index contributed by atoms with van der Waals surface area (Å²) in [6, 6.07) is 19.6. The molecule has 0 radical (unpaired) electrons. The average Bonchev–Trinajstić information content (AvgIpc) is 3.21. The number of rotatable bonds is 11. The van der Waals surface area contributed by atoms with Crippen LogP contribution in [-0.2, 0) is 14.0 Å². The second kappa shape index (κ2) is 20.7. The van der Waals surface area contributed by atoms with Crippen molar-refractivity contribution >= 4 is 55.0 Å². The van der Waals surface area contributed by atoms with E-state index in [9.17, 15) is 42.7 Å². The summed E-state index contributed by atoms with van der Waals surface area (Å²) in [5.41, 5.74) is 17.6. The number of allylic oxidation sites excluding steroid dienone is 2. The number of primary amides is 3. The van der Waals surface area contributed by atoms with Crippen LogP contribution in [0.5, 0.6) is 0 Å². The molecule has 3 aromatic carbocycles. The molecule has 0 aromatic heterocycles. The normalized spacial score (nSPS) is 19.4. The molecule has 3 aliphatic rings. The monoisotopic (exact) mass is 825 g/mol. The third-order valence-electron chi connectivity index (χ3n) is 10.4. The second-order valence-electron chi connectivity index (χ2n) is 15.9. The van der Waals surface area contributed by atoms with Crippen molar-refractivity contribution in [2.24, 2.45) is 35.0 Å². The maximum absolute atomic E-state index is 13.4. The Morgan fingerprint density at radius 3 is 1.31 bits per heavy atom. The minimum absolute atomic E-state index is 0.00213. The summed E-state index contributed by atoms with van der Waals surface area (Å²) in [6.07, 6.45) is 4.97. The third kappa shape index (κ3) is 12.8. The van der Waals surface area contributed by atoms with Crippen molar-refractivity contribution in [1.82, 2.24) is 0 Å². The minimum Gasteiger partial charge on any atom is -0.548 e. The van der Waals surface area contributed by atoms with Crippen molar-refractivity contribution < 1.29 is 47.2 Å². The molecule has 59 heavy (non-hydrogen) atoms. The Balaban J connectivity index is 0.000000197. The van der Waals surface area contributed by atoms with Crippen LogP contribution in [-0.4, -0.2) is 61.1 Å². The number of amides is 3. The molecular weight excluding hydrogens is 774 g/mol. The van der Waals surface area contributed by atoms with Gasteiger partial charge in [0.2, 0.25) is 26.0 Å². The first-order chi connectivity index (χ1) is 27.9. The van der Waals surface area contributed by atoms with Gasteiger partial charge in [0.25, 0.3) is 0 Å². The summed E-state index contributed by atoms with van der Waals surface area (Å²) < 4.78 is 19.4. The van der Waals surface area contributed by atoms with Gasteiger partial charge in [-0.25, -0.2) is 4.39 Å². The van der Waals surface area contributed by atoms with Crippen molar-refractivity contribution in [1.29, 1.82) is 0 Å². The van der Waals surface area contributed by atoms with Crippen LogP contribution in [0.3, 0.4) is 0 Å². The topological polar surface area (TPSA) is 224 Å². The molecule has 3 aromatic rings. The van der Waals surface area contributed by atoms with Crippen LogP contribution >= 0.6 is 0 Å². The van der Waals surface area contributed by atoms with Gasteiger partial charge in [0.05, 0.1) is 5.76 Å². The van der Waals surface area contributed by atoms with Crippen LogP contribution in [0.25, 0.3) is 0 Å². The van der Waals surface area contributed by atoms with Gasteiger partial charge in [-0.1, -0.05) is 54.6 Å². The fourth-order valence-electron chi connectivity index (χ4n) is 7.34. The van der Waals surface area contributed by atoms with Crippen LogP contribution in [0.1, 0.15) is 126 Å². The Bertz CT molecular complexity index is 2130. The molecule has 14 heteroatoms. The van der Waals surface area contributed by atoms with E-state index < -0.39 is 43.9 Å². The van der Waals surface area contributed by atoms with Crippen LogP contribution in [0.15, 0.2) is 84.6 Å². The molecule has 3 aliphatic carbocycles. The molecule has 0 heterocycles. The van der Waals surface area contributed by atoms with E-state index in [4.69, 9.17) is 21.6 Å². The number of benzene rings is 3. The van der Waals surface area contributed by atoms with Gasteiger partial charge in [0, 0.05) is 76.8 Å². The summed E-state index contributed by atoms with van der Waals surface area (Å²) >= 11 is 0. The number of alkyl halides is 1. The smallest absolute Gasteiger partial charge is 0.249 e. The summed E-state index contributed by atoms with van der Waals surface area (Å²) in [5, 5.41) is 0. The highest BCUT2D eigenvalue weighted by Crippen LogP contribution is 2.31. The van der Waals surface area contributed by atoms with Crippen LogP contribution < -0.4 is 17.2 Å². The van der Waals surface area contributed by atoms with E-state index >= 15 is 0 Å². The molecule has 312 valence electrons. The lowest BCUT2D eigenvalue weighted by Crippen LogP contribution is -2.31. The van der Waals surface area contributed by atoms with Gasteiger partial charge in [-0.2, -0.15) is 0 Å². The summed E-state index contributed by atoms with van der Waals surface area (Å²) in [5.74, 6) is -2.29. The number of nitrogens with two attached hydrogens (primary N) is 3. The summed E-state index contributed by atoms with van der Waals surface area (Å²) in [4.78, 5) is 93.5. The highest BCUT2D eigenvalue weighted by molar-refractivity contribution is 6.70. The Labute approximate surface area is 344 Å². The largest absolute Gasteiger partial charge is 0.548 e. The maximum Gasteiger partial charge on any atom is 0.249 e. The minimum atomic E-state index is -1.60. The molecule has 6 N–H and O–H groups in total. The first-order valence-corrected chi connectivity index (χ1v) is 23.1. The molecule has 0 spiro atoms. The molecule has 12 nitrogen and oxygen atoms in total. The molecule has 3 unspecified atom stereocenters. The molecular formula is C45H52FN3O9Si. The van der Waals surface area contributed by atoms with E-state index in [-0.39, 0.29) is 64.5 Å². The zero-order chi connectivity index (χ0) is 43.4. The first-order valence-electron chi connectivity index (χ1n) is 19.7. The van der Waals surface area contributed by atoms with Gasteiger partial charge in [0.15, 0.2) is 29.3 Å². The number of hydrogen-bond donors (Lipinski definition) is 3. The van der Waals surface area contributed by atoms with Gasteiger partial charge in [0.1, 0.15) is 5.78 Å². The fraction of sp³-hybridized carbons (Fsp3) is 0.378. The number of halogens is 1. The van der Waals surface area contributed by atoms with Crippen molar-refractivity contribution in [2.45, 2.75) is 90.0 Å². The zero-order valence-corrected chi connectivity index (χ0v) is 34.7. The van der Waals surface area contributed by atoms with Gasteiger partial charge in [-0.3, -0.25) is 38.4 Å². The molecule has 6 rings (SSSR count). The number of carbonyl (C=O) groups is 8. The Morgan fingerprint density at radius 1 is 0.559 bits per heavy atom. The molecule has 0 bridgehead atoms. The standard InChI is InChI=1S/C17H23NO3Si.C14H14FNO3.C14H15NO3/c1-22(2,3)21-13-10-8-12(9-11-13)16(19)14-6-4-5-7-15(14)17(18)20;15-11-7-8(5-6-12(11)17)13(18)9-3-1-2-4-10(9)14(16)19;15-14(18)12-4-2-1-3-11(12)13(17)9-5-7-10(16)8-6-9/h4-7,10,12H,8-9,11H2,1-3H3,(H2,18,20);1-4,8,11H,5-7H2,(H2,16,19);1-4,9H,5-8H2,(H2,15,18). The Morgan fingerprint density at radius 2 is 0.932 bits per heavy atom. The van der Waals surface area contributed by atoms with E-state index in [0.29, 0.717) is 55.2 Å². The number of Topliss-reactive ketones (excluding diaryl/α,β-unsaturated/α-hetero) is 5. The van der Waals surface area contributed by atoms with E-state index in [2.05, 4.69) is 19.6 Å². The van der Waals surface area contributed by atoms with Crippen LogP contribution in [0.4, 0.5) is 4.39 Å². The Hall–Kier alpha value is -5.89. The molecule has 2 fully saturated rings. The summed E-state index contributed by atoms with van der Waals surface area (Å²) in [6.45, 7) is 6.44.